The molecule has 0 bridgehead atoms. The summed E-state index contributed by atoms with van der Waals surface area (Å²) in [5.41, 5.74) is 7.95. The number of aryl methyl sites for hydroxylation is 3. The summed E-state index contributed by atoms with van der Waals surface area (Å²) in [5, 5.41) is 13.6. The molecule has 63 heavy (non-hydrogen) atoms. The largest absolute Gasteiger partial charge is 0.293 e. The van der Waals surface area contributed by atoms with E-state index in [1.54, 1.807) is 0 Å². The number of nitrogens with zero attached hydrogens (tertiary/aromatic N) is 4. The molecule has 0 radical (unpaired) electrons. The third kappa shape index (κ3) is 7.08. The molecule has 0 amide bonds. The zero-order valence-electron chi connectivity index (χ0n) is 37.2. The van der Waals surface area contributed by atoms with Crippen LogP contribution in [0, 0.1) is 20.8 Å². The molecule has 2 heterocycles. The Morgan fingerprint density at radius 1 is 0.317 bits per heavy atom. The number of fused-ring (bicyclic) bond motifs is 6. The lowest BCUT2D eigenvalue weighted by Gasteiger charge is -2.34. The molecule has 0 saturated heterocycles. The van der Waals surface area contributed by atoms with Gasteiger partial charge in [0.25, 0.3) is 0 Å². The van der Waals surface area contributed by atoms with Gasteiger partial charge in [-0.05, 0) is 95.9 Å². The van der Waals surface area contributed by atoms with Crippen LogP contribution in [0.3, 0.4) is 0 Å². The zero-order chi connectivity index (χ0) is 43.6. The second-order valence-corrected chi connectivity index (χ2v) is 15.6. The Morgan fingerprint density at radius 3 is 1.14 bits per heavy atom. The van der Waals surface area contributed by atoms with Crippen molar-refractivity contribution in [2.45, 2.75) is 48.5 Å². The third-order valence-electron chi connectivity index (χ3n) is 12.0. The first kappa shape index (κ1) is 40.8. The SMILES string of the molecule is CC.CC.Cc1ccc2c(N(c3cccc4ccccc34)c3nccc4ccccc34)c3cc(C)c(C)cc3c(N(c3cccc4ccccc34)c3nccc4ccccc34)c2c1. The van der Waals surface area contributed by atoms with Crippen molar-refractivity contribution in [2.24, 2.45) is 0 Å². The van der Waals surface area contributed by atoms with Gasteiger partial charge in [0, 0.05) is 55.5 Å². The summed E-state index contributed by atoms with van der Waals surface area (Å²) in [7, 11) is 0. The molecule has 9 aromatic carbocycles. The Balaban J connectivity index is 0.00000123. The molecular weight excluding hydrogens is 765 g/mol. The van der Waals surface area contributed by atoms with Gasteiger partial charge in [-0.3, -0.25) is 9.80 Å². The number of anilines is 6. The lowest BCUT2D eigenvalue weighted by molar-refractivity contribution is 1.21. The Hall–Kier alpha value is -7.56. The summed E-state index contributed by atoms with van der Waals surface area (Å²) in [4.78, 5) is 15.4. The number of hydrogen-bond acceptors (Lipinski definition) is 4. The average molecular weight is 817 g/mol. The number of benzene rings is 9. The second kappa shape index (κ2) is 17.4. The Labute approximate surface area is 370 Å². The van der Waals surface area contributed by atoms with Crippen molar-refractivity contribution in [1.29, 1.82) is 0 Å². The van der Waals surface area contributed by atoms with E-state index in [1.807, 2.05) is 40.1 Å². The van der Waals surface area contributed by atoms with E-state index in [9.17, 15) is 0 Å². The summed E-state index contributed by atoms with van der Waals surface area (Å²) in [6, 6.07) is 63.7. The summed E-state index contributed by atoms with van der Waals surface area (Å²) >= 11 is 0. The second-order valence-electron chi connectivity index (χ2n) is 15.6. The van der Waals surface area contributed by atoms with Crippen LogP contribution in [0.4, 0.5) is 34.4 Å². The molecule has 308 valence electrons. The van der Waals surface area contributed by atoms with Crippen molar-refractivity contribution in [2.75, 3.05) is 9.80 Å². The van der Waals surface area contributed by atoms with Gasteiger partial charge in [0.05, 0.1) is 22.7 Å². The van der Waals surface area contributed by atoms with Gasteiger partial charge in [0.2, 0.25) is 0 Å². The van der Waals surface area contributed by atoms with Gasteiger partial charge in [-0.25, -0.2) is 9.97 Å². The molecule has 0 aliphatic rings. The van der Waals surface area contributed by atoms with Gasteiger partial charge in [-0.2, -0.15) is 0 Å². The zero-order valence-corrected chi connectivity index (χ0v) is 37.2. The molecule has 0 N–H and O–H groups in total. The van der Waals surface area contributed by atoms with Crippen molar-refractivity contribution in [3.05, 3.63) is 205 Å². The van der Waals surface area contributed by atoms with Gasteiger partial charge in [0.15, 0.2) is 0 Å². The van der Waals surface area contributed by atoms with Crippen LogP contribution in [0.15, 0.2) is 188 Å². The molecular formula is C59H52N4. The predicted octanol–water partition coefficient (Wildman–Crippen LogP) is 17.3. The quantitative estimate of drug-likeness (QED) is 0.124. The van der Waals surface area contributed by atoms with E-state index in [2.05, 4.69) is 206 Å². The van der Waals surface area contributed by atoms with Gasteiger partial charge in [-0.1, -0.05) is 167 Å². The van der Waals surface area contributed by atoms with Crippen molar-refractivity contribution in [3.8, 4) is 0 Å². The fraction of sp³-hybridized carbons (Fsp3) is 0.119. The fourth-order valence-electron chi connectivity index (χ4n) is 9.09. The number of pyridine rings is 2. The van der Waals surface area contributed by atoms with Crippen molar-refractivity contribution in [3.63, 3.8) is 0 Å². The lowest BCUT2D eigenvalue weighted by Crippen LogP contribution is -2.17. The molecule has 11 aromatic rings. The van der Waals surface area contributed by atoms with E-state index in [1.165, 1.54) is 27.5 Å². The first-order valence-corrected chi connectivity index (χ1v) is 22.2. The van der Waals surface area contributed by atoms with Crippen LogP contribution >= 0.6 is 0 Å². The topological polar surface area (TPSA) is 32.3 Å². The fourth-order valence-corrected chi connectivity index (χ4v) is 9.09. The summed E-state index contributed by atoms with van der Waals surface area (Å²) in [6.45, 7) is 14.6. The average Bonchev–Trinajstić information content (AvgIpc) is 3.34. The first-order valence-electron chi connectivity index (χ1n) is 22.2. The Morgan fingerprint density at radius 2 is 0.683 bits per heavy atom. The van der Waals surface area contributed by atoms with E-state index >= 15 is 0 Å². The highest BCUT2D eigenvalue weighted by molar-refractivity contribution is 6.26. The van der Waals surface area contributed by atoms with Crippen LogP contribution in [-0.2, 0) is 0 Å². The van der Waals surface area contributed by atoms with Gasteiger partial charge >= 0.3 is 0 Å². The van der Waals surface area contributed by atoms with Crippen LogP contribution in [0.5, 0.6) is 0 Å². The number of aromatic nitrogens is 2. The van der Waals surface area contributed by atoms with Crippen LogP contribution in [0.25, 0.3) is 64.6 Å². The molecule has 0 unspecified atom stereocenters. The highest BCUT2D eigenvalue weighted by Crippen LogP contribution is 2.54. The molecule has 0 spiro atoms. The Bertz CT molecular complexity index is 3280. The number of rotatable bonds is 6. The molecule has 0 saturated carbocycles. The third-order valence-corrected chi connectivity index (χ3v) is 12.0. The molecule has 0 aliphatic carbocycles. The molecule has 4 heteroatoms. The molecule has 11 rings (SSSR count). The molecule has 4 nitrogen and oxygen atoms in total. The molecule has 0 atom stereocenters. The van der Waals surface area contributed by atoms with Gasteiger partial charge in [-0.15, -0.1) is 0 Å². The minimum Gasteiger partial charge on any atom is -0.293 e. The highest BCUT2D eigenvalue weighted by Gasteiger charge is 2.29. The van der Waals surface area contributed by atoms with Gasteiger partial charge in [0.1, 0.15) is 11.6 Å². The van der Waals surface area contributed by atoms with E-state index in [0.717, 1.165) is 88.2 Å². The maximum atomic E-state index is 5.27. The van der Waals surface area contributed by atoms with E-state index in [0.29, 0.717) is 0 Å². The maximum Gasteiger partial charge on any atom is 0.145 e. The molecule has 0 fully saturated rings. The van der Waals surface area contributed by atoms with Crippen LogP contribution in [-0.4, -0.2) is 9.97 Å². The monoisotopic (exact) mass is 816 g/mol. The van der Waals surface area contributed by atoms with E-state index in [-0.39, 0.29) is 0 Å². The minimum atomic E-state index is 0.884. The van der Waals surface area contributed by atoms with Crippen LogP contribution < -0.4 is 9.80 Å². The van der Waals surface area contributed by atoms with Crippen LogP contribution in [0.2, 0.25) is 0 Å². The highest BCUT2D eigenvalue weighted by atomic mass is 15.2. The summed E-state index contributed by atoms with van der Waals surface area (Å²) in [5.74, 6) is 1.77. The lowest BCUT2D eigenvalue weighted by atomic mass is 9.91. The predicted molar refractivity (Wildman–Crippen MR) is 273 cm³/mol. The van der Waals surface area contributed by atoms with Gasteiger partial charge < -0.3 is 0 Å². The molecule has 0 aliphatic heterocycles. The molecule has 2 aromatic heterocycles. The summed E-state index contributed by atoms with van der Waals surface area (Å²) < 4.78 is 0. The standard InChI is InChI=1S/C55H40N4.2C2H6/c1-35-26-27-46-47(32-35)53(59(51-25-13-19-39-15-5-9-21-43(39)51)55-45-23-11-7-17-41(45)29-31-57-55)49-34-37(3)36(2)33-48(49)52(46)58(50-24-12-18-38-14-4-8-20-42(38)50)54-44-22-10-6-16-40(44)28-30-56-54;2*1-2/h4-34H,1-3H3;2*1-2H3. The minimum absolute atomic E-state index is 0.884. The number of hydrogen-bond donors (Lipinski definition) is 0. The van der Waals surface area contributed by atoms with E-state index in [4.69, 9.17) is 9.97 Å². The van der Waals surface area contributed by atoms with Crippen molar-refractivity contribution >= 4 is 99.0 Å². The summed E-state index contributed by atoms with van der Waals surface area (Å²) in [6.07, 6.45) is 3.89. The van der Waals surface area contributed by atoms with Crippen LogP contribution in [0.1, 0.15) is 44.4 Å². The smallest absolute Gasteiger partial charge is 0.145 e. The first-order chi connectivity index (χ1) is 31.0. The van der Waals surface area contributed by atoms with E-state index < -0.39 is 0 Å². The van der Waals surface area contributed by atoms with Crippen molar-refractivity contribution in [1.82, 2.24) is 9.97 Å². The maximum absolute atomic E-state index is 5.27. The van der Waals surface area contributed by atoms with Crippen molar-refractivity contribution < 1.29 is 0 Å². The Kier molecular flexibility index (Phi) is 11.3. The normalized spacial score (nSPS) is 11.1.